The van der Waals surface area contributed by atoms with E-state index < -0.39 is 5.97 Å². The molecule has 0 spiro atoms. The lowest BCUT2D eigenvalue weighted by atomic mass is 9.86. The first-order valence-corrected chi connectivity index (χ1v) is 8.33. The van der Waals surface area contributed by atoms with E-state index in [0.29, 0.717) is 32.0 Å². The Morgan fingerprint density at radius 3 is 2.50 bits per heavy atom. The van der Waals surface area contributed by atoms with Gasteiger partial charge in [-0.2, -0.15) is 0 Å². The van der Waals surface area contributed by atoms with Crippen molar-refractivity contribution in [2.45, 2.75) is 26.8 Å². The number of nitrogens with one attached hydrogen (secondary N) is 1. The van der Waals surface area contributed by atoms with Gasteiger partial charge in [0.15, 0.2) is 0 Å². The third-order valence-electron chi connectivity index (χ3n) is 4.67. The summed E-state index contributed by atoms with van der Waals surface area (Å²) in [4.78, 5) is 25.3. The van der Waals surface area contributed by atoms with Gasteiger partial charge in [-0.1, -0.05) is 26.0 Å². The predicted molar refractivity (Wildman–Crippen MR) is 88.8 cm³/mol. The molecule has 1 saturated heterocycles. The fraction of sp³-hybridized carbons (Fsp3) is 0.556. The highest BCUT2D eigenvalue weighted by atomic mass is 19.1. The van der Waals surface area contributed by atoms with E-state index in [4.69, 9.17) is 0 Å². The van der Waals surface area contributed by atoms with E-state index in [9.17, 15) is 19.1 Å². The van der Waals surface area contributed by atoms with E-state index in [1.165, 1.54) is 12.1 Å². The number of likely N-dealkylation sites (tertiary alicyclic amines) is 1. The number of carboxylic acids is 1. The Bertz CT molecular complexity index is 574. The highest BCUT2D eigenvalue weighted by molar-refractivity contribution is 5.76. The molecule has 0 unspecified atom stereocenters. The number of hydrogen-bond acceptors (Lipinski definition) is 3. The number of amides is 1. The number of aliphatic carboxylic acids is 1. The molecule has 132 valence electrons. The van der Waals surface area contributed by atoms with Gasteiger partial charge in [-0.3, -0.25) is 9.59 Å². The molecule has 2 rings (SSSR count). The standard InChI is InChI=1S/C18H25FN2O3/c1-12(2)15-10-21(11-16(15)18(23)24)8-7-17(22)20-9-13-3-5-14(19)6-4-13/h3-6,12,15-16H,7-11H2,1-2H3,(H,20,22)(H,23,24)/t15-,16+/m0/s1. The highest BCUT2D eigenvalue weighted by Crippen LogP contribution is 2.29. The van der Waals surface area contributed by atoms with Crippen LogP contribution in [0.15, 0.2) is 24.3 Å². The number of rotatable bonds is 7. The van der Waals surface area contributed by atoms with E-state index in [1.54, 1.807) is 12.1 Å². The number of nitrogens with zero attached hydrogens (tertiary/aromatic N) is 1. The molecule has 6 heteroatoms. The van der Waals surface area contributed by atoms with Crippen molar-refractivity contribution in [1.82, 2.24) is 10.2 Å². The van der Waals surface area contributed by atoms with Crippen molar-refractivity contribution in [1.29, 1.82) is 0 Å². The molecule has 0 aliphatic carbocycles. The molecule has 24 heavy (non-hydrogen) atoms. The molecule has 1 aliphatic heterocycles. The van der Waals surface area contributed by atoms with Crippen LogP contribution in [0.1, 0.15) is 25.8 Å². The van der Waals surface area contributed by atoms with Crippen LogP contribution in [0, 0.1) is 23.6 Å². The second-order valence-corrected chi connectivity index (χ2v) is 6.77. The second kappa shape index (κ2) is 8.24. The van der Waals surface area contributed by atoms with Crippen molar-refractivity contribution in [2.75, 3.05) is 19.6 Å². The Labute approximate surface area is 141 Å². The minimum absolute atomic E-state index is 0.0841. The van der Waals surface area contributed by atoms with Crippen LogP contribution in [0.25, 0.3) is 0 Å². The molecule has 1 amide bonds. The lowest BCUT2D eigenvalue weighted by molar-refractivity contribution is -0.143. The van der Waals surface area contributed by atoms with Crippen LogP contribution in [-0.4, -0.2) is 41.5 Å². The zero-order valence-electron chi connectivity index (χ0n) is 14.2. The van der Waals surface area contributed by atoms with Crippen molar-refractivity contribution in [3.8, 4) is 0 Å². The number of benzene rings is 1. The third kappa shape index (κ3) is 5.03. The van der Waals surface area contributed by atoms with Gasteiger partial charge in [0.2, 0.25) is 5.91 Å². The van der Waals surface area contributed by atoms with Crippen LogP contribution in [0.4, 0.5) is 4.39 Å². The maximum absolute atomic E-state index is 12.8. The van der Waals surface area contributed by atoms with E-state index in [-0.39, 0.29) is 23.6 Å². The van der Waals surface area contributed by atoms with Crippen LogP contribution in [-0.2, 0) is 16.1 Å². The van der Waals surface area contributed by atoms with Gasteiger partial charge in [0.25, 0.3) is 0 Å². The topological polar surface area (TPSA) is 69.6 Å². The molecule has 2 atom stereocenters. The fourth-order valence-electron chi connectivity index (χ4n) is 3.18. The summed E-state index contributed by atoms with van der Waals surface area (Å²) < 4.78 is 12.8. The molecule has 1 aromatic carbocycles. The summed E-state index contributed by atoms with van der Waals surface area (Å²) in [6, 6.07) is 6.01. The minimum Gasteiger partial charge on any atom is -0.481 e. The van der Waals surface area contributed by atoms with Crippen molar-refractivity contribution in [3.05, 3.63) is 35.6 Å². The Morgan fingerprint density at radius 1 is 1.29 bits per heavy atom. The van der Waals surface area contributed by atoms with Crippen molar-refractivity contribution in [3.63, 3.8) is 0 Å². The molecule has 1 heterocycles. The summed E-state index contributed by atoms with van der Waals surface area (Å²) in [5, 5.41) is 12.1. The molecule has 1 fully saturated rings. The normalized spacial score (nSPS) is 21.2. The van der Waals surface area contributed by atoms with Crippen molar-refractivity contribution in [2.24, 2.45) is 17.8 Å². The zero-order valence-corrected chi connectivity index (χ0v) is 14.2. The second-order valence-electron chi connectivity index (χ2n) is 6.77. The summed E-state index contributed by atoms with van der Waals surface area (Å²) in [5.74, 6) is -1.05. The van der Waals surface area contributed by atoms with Crippen LogP contribution < -0.4 is 5.32 Å². The average Bonchev–Trinajstić information content (AvgIpc) is 2.97. The first-order valence-electron chi connectivity index (χ1n) is 8.33. The minimum atomic E-state index is -0.753. The quantitative estimate of drug-likeness (QED) is 0.800. The van der Waals surface area contributed by atoms with Gasteiger partial charge in [0.05, 0.1) is 5.92 Å². The number of carbonyl (C=O) groups excluding carboxylic acids is 1. The summed E-state index contributed by atoms with van der Waals surface area (Å²) >= 11 is 0. The third-order valence-corrected chi connectivity index (χ3v) is 4.67. The maximum atomic E-state index is 12.8. The fourth-order valence-corrected chi connectivity index (χ4v) is 3.18. The Kier molecular flexibility index (Phi) is 6.31. The van der Waals surface area contributed by atoms with Crippen LogP contribution in [0.3, 0.4) is 0 Å². The molecule has 0 saturated carbocycles. The monoisotopic (exact) mass is 336 g/mol. The average molecular weight is 336 g/mol. The highest BCUT2D eigenvalue weighted by Gasteiger charge is 2.38. The van der Waals surface area contributed by atoms with E-state index in [1.807, 2.05) is 13.8 Å². The smallest absolute Gasteiger partial charge is 0.308 e. The summed E-state index contributed by atoms with van der Waals surface area (Å²) in [6.07, 6.45) is 0.332. The Balaban J connectivity index is 1.75. The molecule has 1 aromatic rings. The predicted octanol–water partition coefficient (Wildman–Crippen LogP) is 2.12. The maximum Gasteiger partial charge on any atom is 0.308 e. The van der Waals surface area contributed by atoms with E-state index in [0.717, 1.165) is 12.1 Å². The van der Waals surface area contributed by atoms with Gasteiger partial charge in [-0.15, -0.1) is 0 Å². The van der Waals surface area contributed by atoms with Crippen LogP contribution in [0.5, 0.6) is 0 Å². The molecule has 5 nitrogen and oxygen atoms in total. The molecule has 2 N–H and O–H groups in total. The van der Waals surface area contributed by atoms with E-state index >= 15 is 0 Å². The largest absolute Gasteiger partial charge is 0.481 e. The summed E-state index contributed by atoms with van der Waals surface area (Å²) in [6.45, 7) is 6.23. The number of hydrogen-bond donors (Lipinski definition) is 2. The number of carbonyl (C=O) groups is 2. The molecule has 0 aromatic heterocycles. The van der Waals surface area contributed by atoms with E-state index in [2.05, 4.69) is 10.2 Å². The van der Waals surface area contributed by atoms with Gasteiger partial charge in [-0.25, -0.2) is 4.39 Å². The number of halogens is 1. The molecular formula is C18H25FN2O3. The first kappa shape index (κ1) is 18.4. The van der Waals surface area contributed by atoms with Crippen molar-refractivity contribution < 1.29 is 19.1 Å². The molecule has 0 radical (unpaired) electrons. The summed E-state index contributed by atoms with van der Waals surface area (Å²) in [5.41, 5.74) is 0.844. The molecule has 0 bridgehead atoms. The Morgan fingerprint density at radius 2 is 1.96 bits per heavy atom. The molecular weight excluding hydrogens is 311 g/mol. The first-order chi connectivity index (χ1) is 11.4. The van der Waals surface area contributed by atoms with Gasteiger partial charge < -0.3 is 15.3 Å². The lowest BCUT2D eigenvalue weighted by Gasteiger charge is -2.18. The summed E-state index contributed by atoms with van der Waals surface area (Å²) in [7, 11) is 0. The SMILES string of the molecule is CC(C)[C@@H]1CN(CCC(=O)NCc2ccc(F)cc2)C[C@H]1C(=O)O. The van der Waals surface area contributed by atoms with Gasteiger partial charge in [-0.05, 0) is 29.5 Å². The van der Waals surface area contributed by atoms with Gasteiger partial charge in [0.1, 0.15) is 5.82 Å². The van der Waals surface area contributed by atoms with Crippen LogP contribution in [0.2, 0.25) is 0 Å². The van der Waals surface area contributed by atoms with Gasteiger partial charge in [0, 0.05) is 32.6 Å². The van der Waals surface area contributed by atoms with Crippen molar-refractivity contribution >= 4 is 11.9 Å². The van der Waals surface area contributed by atoms with Gasteiger partial charge >= 0.3 is 5.97 Å². The Hall–Kier alpha value is -1.95. The number of carboxylic acid groups (broad SMARTS) is 1. The zero-order chi connectivity index (χ0) is 17.7. The lowest BCUT2D eigenvalue weighted by Crippen LogP contribution is -2.30. The molecule has 1 aliphatic rings. The van der Waals surface area contributed by atoms with Crippen LogP contribution >= 0.6 is 0 Å².